The van der Waals surface area contributed by atoms with Crippen molar-refractivity contribution in [1.82, 2.24) is 5.43 Å². The van der Waals surface area contributed by atoms with Crippen LogP contribution in [0.2, 0.25) is 0 Å². The molecule has 0 aliphatic rings. The summed E-state index contributed by atoms with van der Waals surface area (Å²) in [6.07, 6.45) is 0. The average molecular weight is 257 g/mol. The minimum atomic E-state index is -0.373. The summed E-state index contributed by atoms with van der Waals surface area (Å²) in [6, 6.07) is 4.51. The zero-order chi connectivity index (χ0) is 13.0. The second-order valence-corrected chi connectivity index (χ2v) is 5.23. The molecule has 94 valence electrons. The van der Waals surface area contributed by atoms with Crippen LogP contribution in [0.15, 0.2) is 23.1 Å². The van der Waals surface area contributed by atoms with Crippen LogP contribution in [0.1, 0.15) is 13.8 Å². The van der Waals surface area contributed by atoms with Gasteiger partial charge in [0.2, 0.25) is 5.91 Å². The second kappa shape index (κ2) is 5.88. The molecule has 0 fully saturated rings. The van der Waals surface area contributed by atoms with Gasteiger partial charge in [0.15, 0.2) is 0 Å². The van der Waals surface area contributed by atoms with Crippen molar-refractivity contribution in [3.63, 3.8) is 0 Å². The number of hydrazine groups is 1. The minimum Gasteiger partial charge on any atom is -0.399 e. The van der Waals surface area contributed by atoms with Gasteiger partial charge in [0.25, 0.3) is 0 Å². The van der Waals surface area contributed by atoms with Crippen LogP contribution in [-0.4, -0.2) is 11.2 Å². The Balaban J connectivity index is 2.74. The molecule has 1 aromatic rings. The Morgan fingerprint density at radius 3 is 2.65 bits per heavy atom. The fourth-order valence-electron chi connectivity index (χ4n) is 1.26. The SMILES string of the molecule is CC(Sc1ccc(N)cc1F)C(C)C(=O)NN. The number of thioether (sulfide) groups is 1. The lowest BCUT2D eigenvalue weighted by Crippen LogP contribution is -2.38. The fraction of sp³-hybridized carbons (Fsp3) is 0.364. The lowest BCUT2D eigenvalue weighted by molar-refractivity contribution is -0.124. The van der Waals surface area contributed by atoms with E-state index in [0.717, 1.165) is 0 Å². The second-order valence-electron chi connectivity index (χ2n) is 3.81. The van der Waals surface area contributed by atoms with Gasteiger partial charge in [0, 0.05) is 21.8 Å². The predicted molar refractivity (Wildman–Crippen MR) is 67.6 cm³/mol. The van der Waals surface area contributed by atoms with Crippen LogP contribution in [0.4, 0.5) is 10.1 Å². The molecule has 2 unspecified atom stereocenters. The van der Waals surface area contributed by atoms with Crippen LogP contribution >= 0.6 is 11.8 Å². The molecular weight excluding hydrogens is 241 g/mol. The zero-order valence-electron chi connectivity index (χ0n) is 9.74. The highest BCUT2D eigenvalue weighted by Crippen LogP contribution is 2.30. The number of carbonyl (C=O) groups excluding carboxylic acids is 1. The van der Waals surface area contributed by atoms with E-state index in [-0.39, 0.29) is 22.9 Å². The number of amides is 1. The van der Waals surface area contributed by atoms with Gasteiger partial charge < -0.3 is 5.73 Å². The van der Waals surface area contributed by atoms with Crippen molar-refractivity contribution < 1.29 is 9.18 Å². The number of carbonyl (C=O) groups is 1. The third-order valence-corrected chi connectivity index (χ3v) is 3.89. The summed E-state index contributed by atoms with van der Waals surface area (Å²) >= 11 is 1.28. The van der Waals surface area contributed by atoms with Gasteiger partial charge in [0.05, 0.1) is 0 Å². The van der Waals surface area contributed by atoms with Crippen molar-refractivity contribution in [2.24, 2.45) is 11.8 Å². The van der Waals surface area contributed by atoms with Crippen LogP contribution in [0, 0.1) is 11.7 Å². The van der Waals surface area contributed by atoms with Gasteiger partial charge in [0.1, 0.15) is 5.82 Å². The molecule has 0 radical (unpaired) electrons. The normalized spacial score (nSPS) is 14.1. The molecule has 5 N–H and O–H groups in total. The number of nitrogens with two attached hydrogens (primary N) is 2. The largest absolute Gasteiger partial charge is 0.399 e. The summed E-state index contributed by atoms with van der Waals surface area (Å²) in [5.41, 5.74) is 7.93. The minimum absolute atomic E-state index is 0.0864. The predicted octanol–water partition coefficient (Wildman–Crippen LogP) is 1.51. The van der Waals surface area contributed by atoms with E-state index in [9.17, 15) is 9.18 Å². The van der Waals surface area contributed by atoms with Crippen LogP contribution in [0.25, 0.3) is 0 Å². The molecule has 2 atom stereocenters. The number of hydrogen-bond donors (Lipinski definition) is 3. The van der Waals surface area contributed by atoms with Crippen LogP contribution in [0.3, 0.4) is 0 Å². The van der Waals surface area contributed by atoms with Crippen molar-refractivity contribution in [3.8, 4) is 0 Å². The Bertz CT molecular complexity index is 414. The Morgan fingerprint density at radius 2 is 2.12 bits per heavy atom. The molecule has 1 aromatic carbocycles. The van der Waals surface area contributed by atoms with Crippen molar-refractivity contribution in [2.75, 3.05) is 5.73 Å². The third kappa shape index (κ3) is 3.61. The highest BCUT2D eigenvalue weighted by atomic mass is 32.2. The van der Waals surface area contributed by atoms with Gasteiger partial charge in [-0.2, -0.15) is 0 Å². The Labute approximate surface area is 104 Å². The van der Waals surface area contributed by atoms with E-state index in [1.54, 1.807) is 19.1 Å². The van der Waals surface area contributed by atoms with Gasteiger partial charge >= 0.3 is 0 Å². The number of hydrogen-bond acceptors (Lipinski definition) is 4. The first kappa shape index (κ1) is 13.8. The lowest BCUT2D eigenvalue weighted by Gasteiger charge is -2.18. The Kier molecular flexibility index (Phi) is 4.77. The number of nitrogen functional groups attached to an aromatic ring is 1. The standard InChI is InChI=1S/C11H16FN3OS/c1-6(11(16)15-14)7(2)17-10-4-3-8(13)5-9(10)12/h3-7H,13-14H2,1-2H3,(H,15,16). The molecule has 1 amide bonds. The maximum atomic E-state index is 13.5. The summed E-state index contributed by atoms with van der Waals surface area (Å²) in [7, 11) is 0. The third-order valence-electron chi connectivity index (χ3n) is 2.53. The zero-order valence-corrected chi connectivity index (χ0v) is 10.6. The molecular formula is C11H16FN3OS. The molecule has 0 aromatic heterocycles. The van der Waals surface area contributed by atoms with Gasteiger partial charge in [-0.1, -0.05) is 13.8 Å². The molecule has 1 rings (SSSR count). The summed E-state index contributed by atoms with van der Waals surface area (Å²) in [5, 5.41) is -0.0864. The number of benzene rings is 1. The Hall–Kier alpha value is -1.27. The molecule has 0 heterocycles. The quantitative estimate of drug-likeness (QED) is 0.251. The molecule has 0 aliphatic heterocycles. The van der Waals surface area contributed by atoms with Crippen molar-refractivity contribution >= 4 is 23.4 Å². The molecule has 0 spiro atoms. The van der Waals surface area contributed by atoms with Crippen molar-refractivity contribution in [3.05, 3.63) is 24.0 Å². The molecule has 6 heteroatoms. The smallest absolute Gasteiger partial charge is 0.237 e. The fourth-order valence-corrected chi connectivity index (χ4v) is 2.31. The van der Waals surface area contributed by atoms with E-state index in [4.69, 9.17) is 11.6 Å². The van der Waals surface area contributed by atoms with Crippen LogP contribution in [0.5, 0.6) is 0 Å². The van der Waals surface area contributed by atoms with Crippen LogP contribution < -0.4 is 17.0 Å². The van der Waals surface area contributed by atoms with Crippen molar-refractivity contribution in [1.29, 1.82) is 0 Å². The van der Waals surface area contributed by atoms with Crippen LogP contribution in [-0.2, 0) is 4.79 Å². The highest BCUT2D eigenvalue weighted by molar-refractivity contribution is 8.00. The maximum Gasteiger partial charge on any atom is 0.237 e. The molecule has 0 saturated heterocycles. The van der Waals surface area contributed by atoms with Gasteiger partial charge in [-0.25, -0.2) is 10.2 Å². The lowest BCUT2D eigenvalue weighted by atomic mass is 10.1. The monoisotopic (exact) mass is 257 g/mol. The topological polar surface area (TPSA) is 81.1 Å². The van der Waals surface area contributed by atoms with E-state index in [1.165, 1.54) is 17.8 Å². The number of nitrogens with one attached hydrogen (secondary N) is 1. The molecule has 0 bridgehead atoms. The summed E-state index contributed by atoms with van der Waals surface area (Å²) < 4.78 is 13.5. The first-order valence-electron chi connectivity index (χ1n) is 5.18. The van der Waals surface area contributed by atoms with Crippen molar-refractivity contribution in [2.45, 2.75) is 24.0 Å². The molecule has 17 heavy (non-hydrogen) atoms. The highest BCUT2D eigenvalue weighted by Gasteiger charge is 2.21. The molecule has 0 saturated carbocycles. The summed E-state index contributed by atoms with van der Waals surface area (Å²) in [5.74, 6) is 4.11. The summed E-state index contributed by atoms with van der Waals surface area (Å²) in [6.45, 7) is 3.59. The molecule has 4 nitrogen and oxygen atoms in total. The van der Waals surface area contributed by atoms with Gasteiger partial charge in [-0.05, 0) is 18.2 Å². The first-order valence-corrected chi connectivity index (χ1v) is 6.05. The van der Waals surface area contributed by atoms with Gasteiger partial charge in [-0.15, -0.1) is 11.8 Å². The average Bonchev–Trinajstić information content (AvgIpc) is 2.30. The molecule has 0 aliphatic carbocycles. The van der Waals surface area contributed by atoms with E-state index >= 15 is 0 Å². The summed E-state index contributed by atoms with van der Waals surface area (Å²) in [4.78, 5) is 11.8. The van der Waals surface area contributed by atoms with E-state index in [1.807, 2.05) is 6.92 Å². The number of rotatable bonds is 4. The van der Waals surface area contributed by atoms with E-state index < -0.39 is 0 Å². The van der Waals surface area contributed by atoms with E-state index in [0.29, 0.717) is 10.6 Å². The maximum absolute atomic E-state index is 13.5. The van der Waals surface area contributed by atoms with Gasteiger partial charge in [-0.3, -0.25) is 10.2 Å². The van der Waals surface area contributed by atoms with E-state index in [2.05, 4.69) is 5.43 Å². The first-order chi connectivity index (χ1) is 7.95. The number of anilines is 1. The number of halogens is 1. The Morgan fingerprint density at radius 1 is 1.47 bits per heavy atom.